The number of carbonyl (C=O) groups excluding carboxylic acids is 1. The van der Waals surface area contributed by atoms with Crippen molar-refractivity contribution < 1.29 is 9.53 Å². The van der Waals surface area contributed by atoms with Crippen LogP contribution in [0.3, 0.4) is 0 Å². The van der Waals surface area contributed by atoms with Gasteiger partial charge in [-0.2, -0.15) is 0 Å². The molecular formula is C16H13BrO2S. The molecule has 0 unspecified atom stereocenters. The van der Waals surface area contributed by atoms with Crippen LogP contribution in [0.2, 0.25) is 0 Å². The van der Waals surface area contributed by atoms with Gasteiger partial charge in [0, 0.05) is 21.4 Å². The number of hydrogen-bond donors (Lipinski definition) is 0. The molecule has 4 heteroatoms. The minimum absolute atomic E-state index is 0.0226. The Morgan fingerprint density at radius 1 is 1.25 bits per heavy atom. The van der Waals surface area contributed by atoms with Crippen LogP contribution in [0.1, 0.15) is 21.5 Å². The number of halogens is 1. The number of carbonyl (C=O) groups is 1. The van der Waals surface area contributed by atoms with E-state index >= 15 is 0 Å². The predicted octanol–water partition coefficient (Wildman–Crippen LogP) is 4.34. The highest BCUT2D eigenvalue weighted by molar-refractivity contribution is 9.10. The Hall–Kier alpha value is -1.26. The van der Waals surface area contributed by atoms with Crippen molar-refractivity contribution in [1.82, 2.24) is 0 Å². The van der Waals surface area contributed by atoms with Crippen LogP contribution < -0.4 is 4.74 Å². The lowest BCUT2D eigenvalue weighted by Gasteiger charge is -2.10. The summed E-state index contributed by atoms with van der Waals surface area (Å²) in [6.07, 6.45) is 2.84. The largest absolute Gasteiger partial charge is 0.492 e. The average molecular weight is 349 g/mol. The van der Waals surface area contributed by atoms with Crippen molar-refractivity contribution in [2.75, 3.05) is 12.9 Å². The van der Waals surface area contributed by atoms with Gasteiger partial charge in [0.15, 0.2) is 5.78 Å². The van der Waals surface area contributed by atoms with Gasteiger partial charge in [-0.1, -0.05) is 28.1 Å². The van der Waals surface area contributed by atoms with E-state index in [1.165, 1.54) is 0 Å². The number of fused-ring (bicyclic) bond motifs is 1. The zero-order chi connectivity index (χ0) is 14.1. The zero-order valence-electron chi connectivity index (χ0n) is 11.0. The summed E-state index contributed by atoms with van der Waals surface area (Å²) in [6, 6.07) is 11.6. The minimum atomic E-state index is 0.0226. The van der Waals surface area contributed by atoms with Crippen molar-refractivity contribution in [3.05, 3.63) is 57.6 Å². The molecule has 0 saturated heterocycles. The van der Waals surface area contributed by atoms with Gasteiger partial charge in [-0.15, -0.1) is 11.8 Å². The zero-order valence-corrected chi connectivity index (χ0v) is 13.4. The Morgan fingerprint density at radius 2 is 2.05 bits per heavy atom. The molecule has 0 fully saturated rings. The molecule has 0 atom stereocenters. The number of ketones is 1. The van der Waals surface area contributed by atoms with Crippen LogP contribution in [0, 0.1) is 0 Å². The van der Waals surface area contributed by atoms with Gasteiger partial charge in [0.05, 0.1) is 12.2 Å². The second-order valence-electron chi connectivity index (χ2n) is 4.57. The fraction of sp³-hybridized carbons (Fsp3) is 0.188. The Kier molecular flexibility index (Phi) is 3.85. The predicted molar refractivity (Wildman–Crippen MR) is 85.0 cm³/mol. The molecule has 0 spiro atoms. The van der Waals surface area contributed by atoms with Crippen molar-refractivity contribution in [2.45, 2.75) is 11.3 Å². The molecule has 1 aliphatic rings. The monoisotopic (exact) mass is 348 g/mol. The summed E-state index contributed by atoms with van der Waals surface area (Å²) >= 11 is 5.06. The Morgan fingerprint density at radius 3 is 2.85 bits per heavy atom. The van der Waals surface area contributed by atoms with Gasteiger partial charge in [-0.05, 0) is 36.1 Å². The molecule has 0 N–H and O–H groups in total. The third-order valence-corrected chi connectivity index (χ3v) is 4.60. The number of rotatable bonds is 3. The highest BCUT2D eigenvalue weighted by atomic mass is 79.9. The molecule has 0 saturated carbocycles. The summed E-state index contributed by atoms with van der Waals surface area (Å²) in [4.78, 5) is 13.8. The van der Waals surface area contributed by atoms with E-state index in [0.717, 1.165) is 32.7 Å². The second kappa shape index (κ2) is 5.62. The molecule has 2 aromatic rings. The second-order valence-corrected chi connectivity index (χ2v) is 6.33. The number of ether oxygens (including phenoxy) is 1. The number of benzene rings is 2. The first-order valence-electron chi connectivity index (χ1n) is 6.33. The normalized spacial score (nSPS) is 12.9. The summed E-state index contributed by atoms with van der Waals surface area (Å²) in [5.41, 5.74) is 2.48. The lowest BCUT2D eigenvalue weighted by Crippen LogP contribution is -2.05. The van der Waals surface area contributed by atoms with Crippen molar-refractivity contribution in [1.29, 1.82) is 0 Å². The first kappa shape index (κ1) is 13.7. The highest BCUT2D eigenvalue weighted by Gasteiger charge is 2.23. The summed E-state index contributed by atoms with van der Waals surface area (Å²) in [6.45, 7) is 0.649. The van der Waals surface area contributed by atoms with E-state index in [1.54, 1.807) is 11.8 Å². The molecule has 0 bridgehead atoms. The maximum atomic E-state index is 12.8. The fourth-order valence-electron chi connectivity index (χ4n) is 2.42. The molecule has 0 aromatic heterocycles. The molecule has 0 amide bonds. The average Bonchev–Trinajstić information content (AvgIpc) is 2.93. The van der Waals surface area contributed by atoms with Crippen molar-refractivity contribution >= 4 is 33.5 Å². The highest BCUT2D eigenvalue weighted by Crippen LogP contribution is 2.35. The molecule has 2 nitrogen and oxygen atoms in total. The SMILES string of the molecule is CSc1ccccc1C(=O)c1cc(Br)cc2c1OCC2. The smallest absolute Gasteiger partial charge is 0.197 e. The number of thioether (sulfide) groups is 1. The fourth-order valence-corrected chi connectivity index (χ4v) is 3.52. The molecule has 1 heterocycles. The Bertz CT molecular complexity index is 682. The van der Waals surface area contributed by atoms with Gasteiger partial charge >= 0.3 is 0 Å². The van der Waals surface area contributed by atoms with E-state index in [1.807, 2.05) is 42.7 Å². The van der Waals surface area contributed by atoms with E-state index < -0.39 is 0 Å². The Balaban J connectivity index is 2.12. The van der Waals surface area contributed by atoms with E-state index in [0.29, 0.717) is 12.2 Å². The van der Waals surface area contributed by atoms with E-state index in [4.69, 9.17) is 4.74 Å². The van der Waals surface area contributed by atoms with E-state index in [9.17, 15) is 4.79 Å². The molecule has 0 aliphatic carbocycles. The van der Waals surface area contributed by atoms with Crippen molar-refractivity contribution in [2.24, 2.45) is 0 Å². The molecule has 20 heavy (non-hydrogen) atoms. The third-order valence-electron chi connectivity index (χ3n) is 3.34. The molecule has 2 aromatic carbocycles. The third kappa shape index (κ3) is 2.38. The Labute approximate surface area is 130 Å². The van der Waals surface area contributed by atoms with Crippen LogP contribution >= 0.6 is 27.7 Å². The lowest BCUT2D eigenvalue weighted by atomic mass is 10.00. The molecular weight excluding hydrogens is 336 g/mol. The molecule has 1 aliphatic heterocycles. The maximum Gasteiger partial charge on any atom is 0.197 e. The summed E-state index contributed by atoms with van der Waals surface area (Å²) in [5.74, 6) is 0.767. The van der Waals surface area contributed by atoms with Gasteiger partial charge in [0.1, 0.15) is 5.75 Å². The van der Waals surface area contributed by atoms with Crippen molar-refractivity contribution in [3.8, 4) is 5.75 Å². The first-order valence-corrected chi connectivity index (χ1v) is 8.35. The van der Waals surface area contributed by atoms with Crippen LogP contribution in [0.25, 0.3) is 0 Å². The minimum Gasteiger partial charge on any atom is -0.492 e. The molecule has 3 rings (SSSR count). The number of hydrogen-bond acceptors (Lipinski definition) is 3. The lowest BCUT2D eigenvalue weighted by molar-refractivity contribution is 0.103. The van der Waals surface area contributed by atoms with E-state index in [2.05, 4.69) is 15.9 Å². The van der Waals surface area contributed by atoms with Gasteiger partial charge in [-0.3, -0.25) is 4.79 Å². The quantitative estimate of drug-likeness (QED) is 0.609. The van der Waals surface area contributed by atoms with Crippen LogP contribution in [0.15, 0.2) is 45.8 Å². The van der Waals surface area contributed by atoms with Gasteiger partial charge < -0.3 is 4.74 Å². The summed E-state index contributed by atoms with van der Waals surface area (Å²) in [5, 5.41) is 0. The van der Waals surface area contributed by atoms with Crippen LogP contribution in [-0.2, 0) is 6.42 Å². The van der Waals surface area contributed by atoms with Gasteiger partial charge in [0.2, 0.25) is 0 Å². The van der Waals surface area contributed by atoms with E-state index in [-0.39, 0.29) is 5.78 Å². The van der Waals surface area contributed by atoms with Crippen LogP contribution in [0.4, 0.5) is 0 Å². The standard InChI is InChI=1S/C16H13BrO2S/c1-20-14-5-3-2-4-12(14)15(18)13-9-11(17)8-10-6-7-19-16(10)13/h2-5,8-9H,6-7H2,1H3. The van der Waals surface area contributed by atoms with Crippen LogP contribution in [0.5, 0.6) is 5.75 Å². The topological polar surface area (TPSA) is 26.3 Å². The summed E-state index contributed by atoms with van der Waals surface area (Å²) in [7, 11) is 0. The van der Waals surface area contributed by atoms with Gasteiger partial charge in [0.25, 0.3) is 0 Å². The summed E-state index contributed by atoms with van der Waals surface area (Å²) < 4.78 is 6.58. The first-order chi connectivity index (χ1) is 9.70. The molecule has 0 radical (unpaired) electrons. The van der Waals surface area contributed by atoms with Crippen LogP contribution in [-0.4, -0.2) is 18.6 Å². The van der Waals surface area contributed by atoms with Gasteiger partial charge in [-0.25, -0.2) is 0 Å². The van der Waals surface area contributed by atoms with Crippen molar-refractivity contribution in [3.63, 3.8) is 0 Å². The maximum absolute atomic E-state index is 12.8. The molecule has 102 valence electrons.